The van der Waals surface area contributed by atoms with Gasteiger partial charge in [-0.25, -0.2) is 4.39 Å². The van der Waals surface area contributed by atoms with Gasteiger partial charge in [-0.2, -0.15) is 20.0 Å². The Balaban J connectivity index is 1.50. The highest BCUT2D eigenvalue weighted by Crippen LogP contribution is 2.36. The Kier molecular flexibility index (Phi) is 5.56. The molecule has 5 rings (SSSR count). The molecular weight excluding hydrogens is 439 g/mol. The van der Waals surface area contributed by atoms with Crippen molar-refractivity contribution in [2.24, 2.45) is 0 Å². The number of methoxy groups -OCH3 is 1. The van der Waals surface area contributed by atoms with Crippen molar-refractivity contribution in [3.8, 4) is 22.8 Å². The van der Waals surface area contributed by atoms with Crippen LogP contribution in [0, 0.1) is 19.7 Å². The van der Waals surface area contributed by atoms with Gasteiger partial charge in [-0.05, 0) is 56.0 Å². The highest BCUT2D eigenvalue weighted by molar-refractivity contribution is 5.98. The van der Waals surface area contributed by atoms with E-state index in [9.17, 15) is 9.18 Å². The number of halogens is 1. The van der Waals surface area contributed by atoms with Gasteiger partial charge in [0.2, 0.25) is 11.7 Å². The van der Waals surface area contributed by atoms with Crippen LogP contribution >= 0.6 is 0 Å². The average molecular weight is 462 g/mol. The number of nitrogens with zero attached hydrogens (tertiary/aromatic N) is 6. The number of hydrogen-bond donors (Lipinski definition) is 0. The standard InChI is InChI=1S/C24H23FN6O3/c1-14-12-15(2)20(31-26-9-10-27-31)17(13-14)24(32)30-11-5-8-19(30)23-28-22(29-34-23)16-6-4-7-18(25)21(16)33-3/h4,6-7,9-10,12-13,19H,5,8,11H2,1-3H3/t19-/m0/s1. The molecule has 1 aliphatic heterocycles. The maximum Gasteiger partial charge on any atom is 0.256 e. The highest BCUT2D eigenvalue weighted by Gasteiger charge is 2.36. The number of hydrogen-bond acceptors (Lipinski definition) is 7. The molecular formula is C24H23FN6O3. The number of ether oxygens (including phenoxy) is 1. The first-order valence-corrected chi connectivity index (χ1v) is 10.9. The van der Waals surface area contributed by atoms with Crippen molar-refractivity contribution in [3.05, 3.63) is 71.1 Å². The van der Waals surface area contributed by atoms with E-state index >= 15 is 0 Å². The van der Waals surface area contributed by atoms with E-state index in [0.29, 0.717) is 35.7 Å². The van der Waals surface area contributed by atoms with Crippen LogP contribution in [0.1, 0.15) is 46.3 Å². The van der Waals surface area contributed by atoms with E-state index in [2.05, 4.69) is 20.3 Å². The van der Waals surface area contributed by atoms with Crippen molar-refractivity contribution in [3.63, 3.8) is 0 Å². The number of aromatic nitrogens is 5. The van der Waals surface area contributed by atoms with Gasteiger partial charge >= 0.3 is 0 Å². The quantitative estimate of drug-likeness (QED) is 0.441. The Labute approximate surface area is 195 Å². The van der Waals surface area contributed by atoms with E-state index in [1.807, 2.05) is 26.0 Å². The lowest BCUT2D eigenvalue weighted by Crippen LogP contribution is -2.32. The minimum Gasteiger partial charge on any atom is -0.493 e. The summed E-state index contributed by atoms with van der Waals surface area (Å²) in [4.78, 5) is 21.5. The molecule has 0 radical (unpaired) electrons. The first-order chi connectivity index (χ1) is 16.5. The Morgan fingerprint density at radius 1 is 1.21 bits per heavy atom. The lowest BCUT2D eigenvalue weighted by molar-refractivity contribution is 0.0709. The van der Waals surface area contributed by atoms with E-state index in [-0.39, 0.29) is 17.5 Å². The number of benzene rings is 2. The fraction of sp³-hybridized carbons (Fsp3) is 0.292. The fourth-order valence-corrected chi connectivity index (χ4v) is 4.51. The molecule has 1 atom stereocenters. The Hall–Kier alpha value is -4.08. The number of amides is 1. The summed E-state index contributed by atoms with van der Waals surface area (Å²) in [6.07, 6.45) is 4.62. The Morgan fingerprint density at radius 2 is 2.00 bits per heavy atom. The second-order valence-electron chi connectivity index (χ2n) is 8.23. The number of carbonyl (C=O) groups excluding carboxylic acids is 1. The van der Waals surface area contributed by atoms with Gasteiger partial charge in [0.1, 0.15) is 11.7 Å². The SMILES string of the molecule is COc1c(F)cccc1-c1noc([C@@H]2CCCN2C(=O)c2cc(C)cc(C)c2-n2nccn2)n1. The minimum atomic E-state index is -0.515. The molecule has 1 amide bonds. The zero-order valence-electron chi connectivity index (χ0n) is 19.0. The van der Waals surface area contributed by atoms with Gasteiger partial charge in [0.05, 0.1) is 30.6 Å². The molecule has 2 aromatic carbocycles. The second-order valence-corrected chi connectivity index (χ2v) is 8.23. The van der Waals surface area contributed by atoms with Gasteiger partial charge in [0, 0.05) is 6.54 Å². The summed E-state index contributed by atoms with van der Waals surface area (Å²) in [5, 5.41) is 12.5. The molecule has 0 unspecified atom stereocenters. The second kappa shape index (κ2) is 8.69. The topological polar surface area (TPSA) is 99.2 Å². The van der Waals surface area contributed by atoms with E-state index < -0.39 is 11.9 Å². The molecule has 0 aliphatic carbocycles. The Bertz CT molecular complexity index is 1350. The lowest BCUT2D eigenvalue weighted by atomic mass is 10.0. The number of aryl methyl sites for hydroxylation is 2. The predicted octanol–water partition coefficient (Wildman–Crippen LogP) is 4.06. The summed E-state index contributed by atoms with van der Waals surface area (Å²) in [5.74, 6) is -0.127. The maximum atomic E-state index is 14.1. The molecule has 2 aromatic heterocycles. The molecule has 0 bridgehead atoms. The first-order valence-electron chi connectivity index (χ1n) is 10.9. The number of likely N-dealkylation sites (tertiary alicyclic amines) is 1. The smallest absolute Gasteiger partial charge is 0.256 e. The van der Waals surface area contributed by atoms with E-state index in [4.69, 9.17) is 9.26 Å². The normalized spacial score (nSPS) is 15.6. The molecule has 1 fully saturated rings. The third-order valence-corrected chi connectivity index (χ3v) is 5.95. The molecule has 34 heavy (non-hydrogen) atoms. The van der Waals surface area contributed by atoms with Crippen LogP contribution in [-0.2, 0) is 0 Å². The number of para-hydroxylation sites is 1. The molecule has 9 nitrogen and oxygen atoms in total. The van der Waals surface area contributed by atoms with Gasteiger partial charge in [-0.3, -0.25) is 4.79 Å². The van der Waals surface area contributed by atoms with Gasteiger partial charge in [0.15, 0.2) is 11.6 Å². The minimum absolute atomic E-state index is 0.0424. The van der Waals surface area contributed by atoms with Crippen LogP contribution in [0.25, 0.3) is 17.1 Å². The van der Waals surface area contributed by atoms with Crippen molar-refractivity contribution in [2.75, 3.05) is 13.7 Å². The van der Waals surface area contributed by atoms with Crippen molar-refractivity contribution < 1.29 is 18.4 Å². The van der Waals surface area contributed by atoms with E-state index in [0.717, 1.165) is 17.5 Å². The molecule has 0 saturated carbocycles. The molecule has 0 spiro atoms. The van der Waals surface area contributed by atoms with Crippen LogP contribution in [0.3, 0.4) is 0 Å². The monoisotopic (exact) mass is 462 g/mol. The molecule has 1 aliphatic rings. The predicted molar refractivity (Wildman–Crippen MR) is 120 cm³/mol. The van der Waals surface area contributed by atoms with Crippen molar-refractivity contribution in [2.45, 2.75) is 32.7 Å². The zero-order chi connectivity index (χ0) is 23.8. The van der Waals surface area contributed by atoms with E-state index in [1.165, 1.54) is 18.0 Å². The number of carbonyl (C=O) groups is 1. The van der Waals surface area contributed by atoms with Crippen LogP contribution < -0.4 is 4.74 Å². The van der Waals surface area contributed by atoms with Crippen molar-refractivity contribution >= 4 is 5.91 Å². The fourth-order valence-electron chi connectivity index (χ4n) is 4.51. The zero-order valence-corrected chi connectivity index (χ0v) is 19.0. The largest absolute Gasteiger partial charge is 0.493 e. The molecule has 174 valence electrons. The van der Waals surface area contributed by atoms with Gasteiger partial charge in [0.25, 0.3) is 5.91 Å². The summed E-state index contributed by atoms with van der Waals surface area (Å²) in [6.45, 7) is 4.42. The van der Waals surface area contributed by atoms with Gasteiger partial charge in [-0.1, -0.05) is 17.3 Å². The van der Waals surface area contributed by atoms with Crippen LogP contribution in [-0.4, -0.2) is 49.6 Å². The third kappa shape index (κ3) is 3.70. The van der Waals surface area contributed by atoms with Crippen LogP contribution in [0.5, 0.6) is 5.75 Å². The van der Waals surface area contributed by atoms with Crippen LogP contribution in [0.4, 0.5) is 4.39 Å². The van der Waals surface area contributed by atoms with Crippen molar-refractivity contribution in [1.82, 2.24) is 30.0 Å². The average Bonchev–Trinajstić information content (AvgIpc) is 3.59. The van der Waals surface area contributed by atoms with Crippen molar-refractivity contribution in [1.29, 1.82) is 0 Å². The summed E-state index contributed by atoms with van der Waals surface area (Å²) in [6, 6.07) is 7.96. The highest BCUT2D eigenvalue weighted by atomic mass is 19.1. The van der Waals surface area contributed by atoms with Crippen LogP contribution in [0.15, 0.2) is 47.2 Å². The molecule has 1 saturated heterocycles. The summed E-state index contributed by atoms with van der Waals surface area (Å²) in [5.41, 5.74) is 3.39. The summed E-state index contributed by atoms with van der Waals surface area (Å²) < 4.78 is 24.9. The third-order valence-electron chi connectivity index (χ3n) is 5.95. The maximum absolute atomic E-state index is 14.1. The van der Waals surface area contributed by atoms with Crippen LogP contribution in [0.2, 0.25) is 0 Å². The molecule has 3 heterocycles. The molecule has 0 N–H and O–H groups in total. The van der Waals surface area contributed by atoms with E-state index in [1.54, 1.807) is 29.4 Å². The van der Waals surface area contributed by atoms with Gasteiger partial charge < -0.3 is 14.2 Å². The molecule has 10 heteroatoms. The first kappa shape index (κ1) is 21.7. The van der Waals surface area contributed by atoms with Gasteiger partial charge in [-0.15, -0.1) is 0 Å². The Morgan fingerprint density at radius 3 is 2.76 bits per heavy atom. The number of rotatable bonds is 5. The lowest BCUT2D eigenvalue weighted by Gasteiger charge is -2.24. The molecule has 4 aromatic rings. The summed E-state index contributed by atoms with van der Waals surface area (Å²) in [7, 11) is 1.39. The summed E-state index contributed by atoms with van der Waals surface area (Å²) >= 11 is 0.